The zero-order chi connectivity index (χ0) is 13.8. The largest absolute Gasteiger partial charge is 0.481 e. The molecule has 0 aromatic rings. The van der Waals surface area contributed by atoms with Crippen LogP contribution < -0.4 is 0 Å². The van der Waals surface area contributed by atoms with Crippen LogP contribution in [0.1, 0.15) is 25.7 Å². The van der Waals surface area contributed by atoms with Gasteiger partial charge in [-0.05, 0) is 19.3 Å². The molecule has 2 fully saturated rings. The summed E-state index contributed by atoms with van der Waals surface area (Å²) in [5.74, 6) is -0.419. The summed E-state index contributed by atoms with van der Waals surface area (Å²) in [6, 6.07) is -0.131. The number of methoxy groups -OCH3 is 1. The van der Waals surface area contributed by atoms with E-state index in [4.69, 9.17) is 9.84 Å². The van der Waals surface area contributed by atoms with Crippen molar-refractivity contribution in [3.63, 3.8) is 0 Å². The van der Waals surface area contributed by atoms with Gasteiger partial charge in [-0.25, -0.2) is 4.79 Å². The molecule has 108 valence electrons. The predicted octanol–water partition coefficient (Wildman–Crippen LogP) is 1.01. The number of ether oxygens (including phenoxy) is 1. The van der Waals surface area contributed by atoms with Crippen molar-refractivity contribution >= 4 is 12.0 Å². The average Bonchev–Trinajstić information content (AvgIpc) is 2.97. The highest BCUT2D eigenvalue weighted by molar-refractivity contribution is 5.76. The first-order chi connectivity index (χ1) is 9.11. The van der Waals surface area contributed by atoms with Crippen molar-refractivity contribution in [3.05, 3.63) is 0 Å². The van der Waals surface area contributed by atoms with Crippen LogP contribution in [0.4, 0.5) is 4.79 Å². The summed E-state index contributed by atoms with van der Waals surface area (Å²) in [5, 5.41) is 8.88. The van der Waals surface area contributed by atoms with Crippen molar-refractivity contribution in [2.75, 3.05) is 33.4 Å². The van der Waals surface area contributed by atoms with Crippen LogP contribution in [0.2, 0.25) is 0 Å². The van der Waals surface area contributed by atoms with Gasteiger partial charge in [-0.1, -0.05) is 0 Å². The summed E-state index contributed by atoms with van der Waals surface area (Å²) in [6.07, 6.45) is 2.73. The second kappa shape index (κ2) is 6.23. The molecule has 2 saturated heterocycles. The topological polar surface area (TPSA) is 70.1 Å². The molecule has 2 aliphatic heterocycles. The molecule has 2 unspecified atom stereocenters. The van der Waals surface area contributed by atoms with Gasteiger partial charge in [0.2, 0.25) is 0 Å². The molecule has 2 heterocycles. The maximum Gasteiger partial charge on any atom is 0.320 e. The van der Waals surface area contributed by atoms with E-state index in [0.29, 0.717) is 19.1 Å². The Morgan fingerprint density at radius 3 is 2.79 bits per heavy atom. The van der Waals surface area contributed by atoms with Crippen LogP contribution in [0.5, 0.6) is 0 Å². The molecule has 0 spiro atoms. The Morgan fingerprint density at radius 2 is 2.11 bits per heavy atom. The molecule has 0 saturated carbocycles. The van der Waals surface area contributed by atoms with Crippen LogP contribution in [0.25, 0.3) is 0 Å². The van der Waals surface area contributed by atoms with Crippen molar-refractivity contribution in [2.24, 2.45) is 5.92 Å². The fourth-order valence-corrected chi connectivity index (χ4v) is 3.06. The fraction of sp³-hybridized carbons (Fsp3) is 0.846. The lowest BCUT2D eigenvalue weighted by Crippen LogP contribution is -2.45. The van der Waals surface area contributed by atoms with Gasteiger partial charge in [-0.2, -0.15) is 0 Å². The first-order valence-electron chi connectivity index (χ1n) is 6.88. The Kier molecular flexibility index (Phi) is 4.63. The molecule has 2 rings (SSSR count). The highest BCUT2D eigenvalue weighted by Crippen LogP contribution is 2.24. The smallest absolute Gasteiger partial charge is 0.320 e. The van der Waals surface area contributed by atoms with Gasteiger partial charge in [0.1, 0.15) is 0 Å². The Balaban J connectivity index is 1.90. The Bertz CT molecular complexity index is 348. The zero-order valence-electron chi connectivity index (χ0n) is 11.4. The Morgan fingerprint density at radius 1 is 1.32 bits per heavy atom. The molecule has 1 N–H and O–H groups in total. The molecule has 0 aliphatic carbocycles. The van der Waals surface area contributed by atoms with Crippen LogP contribution in [-0.4, -0.2) is 66.3 Å². The maximum atomic E-state index is 12.4. The van der Waals surface area contributed by atoms with E-state index in [1.165, 1.54) is 0 Å². The third kappa shape index (κ3) is 3.37. The number of likely N-dealkylation sites (tertiary alicyclic amines) is 2. The van der Waals surface area contributed by atoms with Gasteiger partial charge in [0.15, 0.2) is 0 Å². The summed E-state index contributed by atoms with van der Waals surface area (Å²) < 4.78 is 5.12. The normalized spacial score (nSPS) is 27.0. The molecule has 19 heavy (non-hydrogen) atoms. The molecule has 6 heteroatoms. The molecule has 0 bridgehead atoms. The van der Waals surface area contributed by atoms with Crippen LogP contribution >= 0.6 is 0 Å². The van der Waals surface area contributed by atoms with E-state index < -0.39 is 5.97 Å². The summed E-state index contributed by atoms with van der Waals surface area (Å²) >= 11 is 0. The number of carbonyl (C=O) groups is 2. The van der Waals surface area contributed by atoms with E-state index in [2.05, 4.69) is 0 Å². The third-order valence-corrected chi connectivity index (χ3v) is 3.99. The van der Waals surface area contributed by atoms with Crippen molar-refractivity contribution in [1.82, 2.24) is 9.80 Å². The molecule has 2 amide bonds. The molecule has 0 radical (unpaired) electrons. The second-order valence-corrected chi connectivity index (χ2v) is 5.43. The van der Waals surface area contributed by atoms with Crippen molar-refractivity contribution in [3.8, 4) is 0 Å². The molecule has 2 aliphatic rings. The number of carboxylic acid groups (broad SMARTS) is 1. The lowest BCUT2D eigenvalue weighted by atomic mass is 10.1. The minimum Gasteiger partial charge on any atom is -0.481 e. The number of carboxylic acids is 1. The predicted molar refractivity (Wildman–Crippen MR) is 68.9 cm³/mol. The minimum absolute atomic E-state index is 0.00218. The highest BCUT2D eigenvalue weighted by atomic mass is 16.5. The molecular weight excluding hydrogens is 248 g/mol. The van der Waals surface area contributed by atoms with E-state index >= 15 is 0 Å². The minimum atomic E-state index is -0.830. The van der Waals surface area contributed by atoms with Crippen LogP contribution in [0.3, 0.4) is 0 Å². The van der Waals surface area contributed by atoms with Gasteiger partial charge >= 0.3 is 12.0 Å². The van der Waals surface area contributed by atoms with Crippen LogP contribution in [-0.2, 0) is 9.53 Å². The summed E-state index contributed by atoms with van der Waals surface area (Å²) in [5.41, 5.74) is 0. The number of carbonyl (C=O) groups excluding carboxylic acids is 1. The quantitative estimate of drug-likeness (QED) is 0.828. The number of aliphatic carboxylic acids is 1. The standard InChI is InChI=1S/C13H22N2O4/c1-19-9-10-4-6-14(8-10)13(18)15-5-2-3-11(15)7-12(16)17/h10-11H,2-9H2,1H3,(H,16,17). The lowest BCUT2D eigenvalue weighted by Gasteiger charge is -2.28. The van der Waals surface area contributed by atoms with Crippen LogP contribution in [0, 0.1) is 5.92 Å². The van der Waals surface area contributed by atoms with Crippen LogP contribution in [0.15, 0.2) is 0 Å². The first-order valence-corrected chi connectivity index (χ1v) is 6.88. The molecule has 0 aromatic heterocycles. The lowest BCUT2D eigenvalue weighted by molar-refractivity contribution is -0.138. The zero-order valence-corrected chi connectivity index (χ0v) is 11.4. The van der Waals surface area contributed by atoms with Gasteiger partial charge in [0.05, 0.1) is 13.0 Å². The van der Waals surface area contributed by atoms with Gasteiger partial charge in [0.25, 0.3) is 0 Å². The monoisotopic (exact) mass is 270 g/mol. The molecule has 0 aromatic carbocycles. The van der Waals surface area contributed by atoms with E-state index in [1.54, 1.807) is 12.0 Å². The third-order valence-electron chi connectivity index (χ3n) is 3.99. The van der Waals surface area contributed by atoms with Crippen molar-refractivity contribution in [2.45, 2.75) is 31.7 Å². The first kappa shape index (κ1) is 14.1. The molecule has 2 atom stereocenters. The van der Waals surface area contributed by atoms with E-state index in [9.17, 15) is 9.59 Å². The highest BCUT2D eigenvalue weighted by Gasteiger charge is 2.35. The van der Waals surface area contributed by atoms with Gasteiger partial charge in [-0.3, -0.25) is 4.79 Å². The summed E-state index contributed by atoms with van der Waals surface area (Å²) in [6.45, 7) is 2.84. The molecule has 6 nitrogen and oxygen atoms in total. The second-order valence-electron chi connectivity index (χ2n) is 5.43. The van der Waals surface area contributed by atoms with E-state index in [0.717, 1.165) is 32.4 Å². The number of hydrogen-bond acceptors (Lipinski definition) is 3. The Labute approximate surface area is 113 Å². The Hall–Kier alpha value is -1.30. The van der Waals surface area contributed by atoms with Gasteiger partial charge in [0, 0.05) is 38.7 Å². The average molecular weight is 270 g/mol. The maximum absolute atomic E-state index is 12.4. The van der Waals surface area contributed by atoms with E-state index in [-0.39, 0.29) is 18.5 Å². The number of amides is 2. The van der Waals surface area contributed by atoms with Crippen molar-refractivity contribution < 1.29 is 19.4 Å². The van der Waals surface area contributed by atoms with Gasteiger partial charge in [-0.15, -0.1) is 0 Å². The fourth-order valence-electron chi connectivity index (χ4n) is 3.06. The molecular formula is C13H22N2O4. The number of urea groups is 1. The SMILES string of the molecule is COCC1CCN(C(=O)N2CCCC2CC(=O)O)C1. The summed E-state index contributed by atoms with van der Waals surface area (Å²) in [4.78, 5) is 26.8. The summed E-state index contributed by atoms with van der Waals surface area (Å²) in [7, 11) is 1.67. The van der Waals surface area contributed by atoms with Gasteiger partial charge < -0.3 is 19.6 Å². The number of hydrogen-bond donors (Lipinski definition) is 1. The number of nitrogens with zero attached hydrogens (tertiary/aromatic N) is 2. The van der Waals surface area contributed by atoms with Crippen molar-refractivity contribution in [1.29, 1.82) is 0 Å². The van der Waals surface area contributed by atoms with E-state index in [1.807, 2.05) is 4.90 Å². The number of rotatable bonds is 4.